The predicted octanol–water partition coefficient (Wildman–Crippen LogP) is 7.56. The number of nitrogens with zero attached hydrogens (tertiary/aromatic N) is 3. The second-order valence-corrected chi connectivity index (χ2v) is 13.7. The Kier molecular flexibility index (Phi) is 11.8. The molecule has 3 fully saturated rings. The van der Waals surface area contributed by atoms with Crippen molar-refractivity contribution in [1.82, 2.24) is 4.90 Å². The molecule has 53 heavy (non-hydrogen) atoms. The van der Waals surface area contributed by atoms with Gasteiger partial charge in [-0.15, -0.1) is 0 Å². The molecule has 7 rings (SSSR count). The molecule has 0 aliphatic carbocycles. The van der Waals surface area contributed by atoms with E-state index < -0.39 is 24.6 Å². The third-order valence-electron chi connectivity index (χ3n) is 9.78. The first-order valence-corrected chi connectivity index (χ1v) is 17.6. The summed E-state index contributed by atoms with van der Waals surface area (Å²) in [5, 5.41) is 22.7. The number of fused-ring (bicyclic) bond motifs is 3. The summed E-state index contributed by atoms with van der Waals surface area (Å²) >= 11 is 13.1. The number of hydrogen-bond acceptors (Lipinski definition) is 8. The summed E-state index contributed by atoms with van der Waals surface area (Å²) in [4.78, 5) is 30.3. The number of halogens is 4. The highest BCUT2D eigenvalue weighted by molar-refractivity contribution is 6.35. The van der Waals surface area contributed by atoms with Crippen molar-refractivity contribution in [3.05, 3.63) is 116 Å². The van der Waals surface area contributed by atoms with E-state index in [0.29, 0.717) is 45.0 Å². The second-order valence-electron chi connectivity index (χ2n) is 12.9. The molecule has 2 atom stereocenters. The molecule has 3 aromatic carbocycles. The number of carboxylic acids is 1. The molecular weight excluding hydrogens is 735 g/mol. The molecule has 3 aliphatic rings. The van der Waals surface area contributed by atoms with Crippen LogP contribution >= 0.6 is 23.2 Å². The van der Waals surface area contributed by atoms with Crippen LogP contribution in [-0.4, -0.2) is 68.6 Å². The SMILES string of the molecule is COc1ccc([C@H](Cc2c(Cl)c[n+]([O-])cc2Cl)c2cc(CN(C(=O)O[C@H]3CN4CCC3CC4)c3ccccc3OC(F)F)ccc2C(=O)O)cc1OC. The van der Waals surface area contributed by atoms with Gasteiger partial charge in [0.25, 0.3) is 0 Å². The number of aromatic carboxylic acids is 1. The lowest BCUT2D eigenvalue weighted by Gasteiger charge is -2.44. The Labute approximate surface area is 314 Å². The number of para-hydroxylation sites is 2. The van der Waals surface area contributed by atoms with Gasteiger partial charge < -0.3 is 29.3 Å². The van der Waals surface area contributed by atoms with E-state index in [2.05, 4.69) is 4.90 Å². The Morgan fingerprint density at radius 3 is 2.30 bits per heavy atom. The quantitative estimate of drug-likeness (QED) is 0.108. The number of pyridine rings is 1. The number of methoxy groups -OCH3 is 2. The summed E-state index contributed by atoms with van der Waals surface area (Å²) in [6, 6.07) is 15.6. The number of amides is 1. The third kappa shape index (κ3) is 8.53. The number of anilines is 1. The second kappa shape index (κ2) is 16.4. The number of rotatable bonds is 13. The van der Waals surface area contributed by atoms with Crippen molar-refractivity contribution < 1.29 is 47.2 Å². The molecule has 2 bridgehead atoms. The van der Waals surface area contributed by atoms with Gasteiger partial charge in [0.15, 0.2) is 23.9 Å². The zero-order valence-corrected chi connectivity index (χ0v) is 30.4. The highest BCUT2D eigenvalue weighted by Crippen LogP contribution is 2.40. The predicted molar refractivity (Wildman–Crippen MR) is 193 cm³/mol. The van der Waals surface area contributed by atoms with Gasteiger partial charge in [-0.3, -0.25) is 9.80 Å². The molecule has 11 nitrogen and oxygen atoms in total. The minimum absolute atomic E-state index is 0.0492. The van der Waals surface area contributed by atoms with Gasteiger partial charge in [-0.05, 0) is 85.3 Å². The van der Waals surface area contributed by atoms with Crippen LogP contribution in [0.25, 0.3) is 0 Å². The number of ether oxygens (including phenoxy) is 4. The summed E-state index contributed by atoms with van der Waals surface area (Å²) in [5.74, 6) is -1.22. The minimum atomic E-state index is -3.16. The van der Waals surface area contributed by atoms with E-state index >= 15 is 0 Å². The number of hydrogen-bond donors (Lipinski definition) is 1. The van der Waals surface area contributed by atoms with Gasteiger partial charge in [0.05, 0.1) is 32.0 Å². The van der Waals surface area contributed by atoms with E-state index in [9.17, 15) is 28.7 Å². The van der Waals surface area contributed by atoms with Crippen molar-refractivity contribution >= 4 is 41.0 Å². The topological polar surface area (TPSA) is 125 Å². The van der Waals surface area contributed by atoms with Gasteiger partial charge in [-0.1, -0.05) is 53.5 Å². The van der Waals surface area contributed by atoms with Crippen LogP contribution in [0.15, 0.2) is 73.1 Å². The van der Waals surface area contributed by atoms with Crippen LogP contribution < -0.4 is 23.8 Å². The number of carboxylic acid groups (broad SMARTS) is 1. The summed E-state index contributed by atoms with van der Waals surface area (Å²) in [7, 11) is 2.96. The lowest BCUT2D eigenvalue weighted by atomic mass is 9.82. The summed E-state index contributed by atoms with van der Waals surface area (Å²) in [6.45, 7) is -0.945. The fourth-order valence-corrected chi connectivity index (χ4v) is 7.74. The van der Waals surface area contributed by atoms with Gasteiger partial charge >= 0.3 is 18.7 Å². The standard InChI is InChI=1S/C38H37Cl2F2N3O8/c1-50-33-10-8-24(16-34(33)51-2)26(17-28-29(39)19-44(49)20-30(28)40)27-15-22(7-9-25(27)36(46)47)18-45(31-5-3-4-6-32(31)52-37(41)42)38(48)53-35-21-43-13-11-23(35)12-14-43/h3-10,15-16,19-20,23,26,35,37H,11-14,17-18,21H2,1-2H3,(H,46,47)/t26-,35-/m0/s1. The Morgan fingerprint density at radius 2 is 1.68 bits per heavy atom. The smallest absolute Gasteiger partial charge is 0.415 e. The number of aromatic nitrogens is 1. The van der Waals surface area contributed by atoms with E-state index in [4.69, 9.17) is 42.1 Å². The fraction of sp³-hybridized carbons (Fsp3) is 0.342. The van der Waals surface area contributed by atoms with Crippen molar-refractivity contribution in [2.45, 2.75) is 44.4 Å². The van der Waals surface area contributed by atoms with Crippen molar-refractivity contribution in [3.8, 4) is 17.2 Å². The van der Waals surface area contributed by atoms with Crippen LogP contribution in [0.1, 0.15) is 51.4 Å². The molecule has 4 aromatic rings. The minimum Gasteiger partial charge on any atom is -0.619 e. The maximum atomic E-state index is 14.1. The van der Waals surface area contributed by atoms with Gasteiger partial charge in [0.2, 0.25) is 0 Å². The van der Waals surface area contributed by atoms with Crippen molar-refractivity contribution in [1.29, 1.82) is 0 Å². The summed E-state index contributed by atoms with van der Waals surface area (Å²) in [6.07, 6.45) is 2.97. The van der Waals surface area contributed by atoms with Crippen molar-refractivity contribution in [2.24, 2.45) is 5.92 Å². The molecule has 3 aliphatic heterocycles. The van der Waals surface area contributed by atoms with E-state index in [1.807, 2.05) is 0 Å². The molecule has 0 saturated carbocycles. The average molecular weight is 773 g/mol. The van der Waals surface area contributed by atoms with E-state index in [1.165, 1.54) is 43.4 Å². The number of benzene rings is 3. The first-order valence-electron chi connectivity index (χ1n) is 16.8. The molecule has 0 unspecified atom stereocenters. The first-order chi connectivity index (χ1) is 25.4. The monoisotopic (exact) mass is 771 g/mol. The molecule has 1 amide bonds. The maximum Gasteiger partial charge on any atom is 0.415 e. The Morgan fingerprint density at radius 1 is 0.981 bits per heavy atom. The molecule has 280 valence electrons. The molecule has 0 spiro atoms. The molecule has 4 heterocycles. The average Bonchev–Trinajstić information content (AvgIpc) is 3.13. The zero-order valence-electron chi connectivity index (χ0n) is 28.8. The third-order valence-corrected chi connectivity index (χ3v) is 10.4. The molecule has 1 N–H and O–H groups in total. The van der Waals surface area contributed by atoms with E-state index in [-0.39, 0.29) is 52.0 Å². The van der Waals surface area contributed by atoms with Crippen LogP contribution in [0.4, 0.5) is 19.3 Å². The zero-order chi connectivity index (χ0) is 37.8. The van der Waals surface area contributed by atoms with Gasteiger partial charge in [0, 0.05) is 18.0 Å². The van der Waals surface area contributed by atoms with Gasteiger partial charge in [-0.25, -0.2) is 9.59 Å². The highest BCUT2D eigenvalue weighted by atomic mass is 35.5. The summed E-state index contributed by atoms with van der Waals surface area (Å²) in [5.41, 5.74) is 1.75. The van der Waals surface area contributed by atoms with E-state index in [0.717, 1.165) is 38.3 Å². The Hall–Kier alpha value is -4.85. The summed E-state index contributed by atoms with van der Waals surface area (Å²) < 4.78 is 49.5. The molecule has 0 radical (unpaired) electrons. The highest BCUT2D eigenvalue weighted by Gasteiger charge is 2.38. The molecule has 3 saturated heterocycles. The maximum absolute atomic E-state index is 14.1. The van der Waals surface area contributed by atoms with Crippen LogP contribution in [0, 0.1) is 11.1 Å². The Bertz CT molecular complexity index is 1950. The van der Waals surface area contributed by atoms with Crippen LogP contribution in [0.2, 0.25) is 10.0 Å². The number of carbonyl (C=O) groups excluding carboxylic acids is 1. The Balaban J connectivity index is 1.45. The van der Waals surface area contributed by atoms with Gasteiger partial charge in [-0.2, -0.15) is 13.5 Å². The van der Waals surface area contributed by atoms with Crippen molar-refractivity contribution in [2.75, 3.05) is 38.8 Å². The van der Waals surface area contributed by atoms with Crippen LogP contribution in [0.5, 0.6) is 17.2 Å². The van der Waals surface area contributed by atoms with Crippen LogP contribution in [-0.2, 0) is 17.7 Å². The number of carbonyl (C=O) groups is 2. The first kappa shape index (κ1) is 37.9. The normalized spacial score (nSPS) is 18.4. The fourth-order valence-electron chi connectivity index (χ4n) is 7.14. The van der Waals surface area contributed by atoms with Crippen molar-refractivity contribution in [3.63, 3.8) is 0 Å². The molecular formula is C38H37Cl2F2N3O8. The largest absolute Gasteiger partial charge is 0.619 e. The number of alkyl halides is 2. The lowest BCUT2D eigenvalue weighted by Crippen LogP contribution is -2.53. The van der Waals surface area contributed by atoms with Crippen LogP contribution in [0.3, 0.4) is 0 Å². The lowest BCUT2D eigenvalue weighted by molar-refractivity contribution is -0.605. The van der Waals surface area contributed by atoms with E-state index in [1.54, 1.807) is 36.4 Å². The molecule has 1 aromatic heterocycles. The number of piperidine rings is 3. The van der Waals surface area contributed by atoms with Gasteiger partial charge in [0.1, 0.15) is 21.9 Å². The molecule has 15 heteroatoms.